The van der Waals surface area contributed by atoms with Crippen LogP contribution in [0.15, 0.2) is 30.3 Å². The zero-order valence-corrected chi connectivity index (χ0v) is 11.0. The molecule has 1 heterocycles. The van der Waals surface area contributed by atoms with Crippen molar-refractivity contribution < 1.29 is 9.47 Å². The number of nitrogens with two attached hydrogens (primary N) is 1. The van der Waals surface area contributed by atoms with Crippen LogP contribution < -0.4 is 16.0 Å². The molecular weight excluding hydrogens is 268 g/mol. The Balaban J connectivity index is 2.26. The Labute approximate surface area is 115 Å². The van der Waals surface area contributed by atoms with Crippen molar-refractivity contribution in [2.45, 2.75) is 6.61 Å². The maximum absolute atomic E-state index is 5.89. The zero-order chi connectivity index (χ0) is 13.7. The van der Waals surface area contributed by atoms with Gasteiger partial charge in [-0.2, -0.15) is 4.98 Å². The fraction of sp³-hybridized carbons (Fsp3) is 0.167. The molecule has 0 amide bonds. The average Bonchev–Trinajstić information content (AvgIpc) is 2.39. The van der Waals surface area contributed by atoms with Crippen molar-refractivity contribution >= 4 is 17.4 Å². The summed E-state index contributed by atoms with van der Waals surface area (Å²) in [7, 11) is 1.56. The molecule has 0 radical (unpaired) electrons. The van der Waals surface area contributed by atoms with E-state index in [9.17, 15) is 0 Å². The number of halogens is 1. The van der Waals surface area contributed by atoms with Crippen LogP contribution in [0.5, 0.6) is 11.6 Å². The maximum atomic E-state index is 5.89. The Morgan fingerprint density at radius 3 is 2.84 bits per heavy atom. The van der Waals surface area contributed by atoms with Crippen LogP contribution >= 0.6 is 11.6 Å². The molecule has 0 fully saturated rings. The van der Waals surface area contributed by atoms with E-state index in [1.165, 1.54) is 0 Å². The number of nitrogens with zero attached hydrogens (tertiary/aromatic N) is 2. The molecule has 0 aliphatic heterocycles. The number of ether oxygens (including phenoxy) is 2. The third kappa shape index (κ3) is 3.78. The Kier molecular flexibility index (Phi) is 4.51. The normalized spacial score (nSPS) is 10.3. The van der Waals surface area contributed by atoms with E-state index in [-0.39, 0.29) is 6.61 Å². The topological polar surface area (TPSA) is 82.3 Å². The molecular formula is C12H13ClN4O2. The van der Waals surface area contributed by atoms with Crippen molar-refractivity contribution in [2.75, 3.05) is 12.5 Å². The molecule has 100 valence electrons. The molecule has 3 N–H and O–H groups in total. The second kappa shape index (κ2) is 6.33. The highest BCUT2D eigenvalue weighted by Gasteiger charge is 2.06. The number of rotatable bonds is 5. The molecule has 1 aromatic heterocycles. The van der Waals surface area contributed by atoms with Gasteiger partial charge in [-0.05, 0) is 18.2 Å². The lowest BCUT2D eigenvalue weighted by Crippen LogP contribution is -2.11. The number of anilines is 1. The highest BCUT2D eigenvalue weighted by molar-refractivity contribution is 6.30. The van der Waals surface area contributed by atoms with E-state index in [0.29, 0.717) is 28.3 Å². The summed E-state index contributed by atoms with van der Waals surface area (Å²) in [5, 5.41) is 0.584. The first kappa shape index (κ1) is 13.5. The number of aromatic nitrogens is 2. The third-order valence-electron chi connectivity index (χ3n) is 2.19. The minimum atomic E-state index is 0.265. The molecule has 0 bridgehead atoms. The lowest BCUT2D eigenvalue weighted by molar-refractivity contribution is 0.177. The summed E-state index contributed by atoms with van der Waals surface area (Å²) in [5.41, 5.74) is 2.45. The summed E-state index contributed by atoms with van der Waals surface area (Å²) in [5.74, 6) is 7.19. The standard InChI is InChI=1S/C12H13ClN4O2/c1-18-7-11-15-10(17-14)6-12(16-11)19-9-4-2-3-8(13)5-9/h2-6H,7,14H2,1H3,(H,15,16,17). The second-order valence-corrected chi connectivity index (χ2v) is 4.08. The van der Waals surface area contributed by atoms with Crippen molar-refractivity contribution in [3.05, 3.63) is 41.2 Å². The molecule has 0 aliphatic rings. The summed E-state index contributed by atoms with van der Waals surface area (Å²) in [6.45, 7) is 0.265. The first-order chi connectivity index (χ1) is 9.21. The Hall–Kier alpha value is -1.89. The molecule has 19 heavy (non-hydrogen) atoms. The fourth-order valence-electron chi connectivity index (χ4n) is 1.44. The van der Waals surface area contributed by atoms with Gasteiger partial charge in [-0.1, -0.05) is 17.7 Å². The summed E-state index contributed by atoms with van der Waals surface area (Å²) in [6.07, 6.45) is 0. The van der Waals surface area contributed by atoms with Gasteiger partial charge >= 0.3 is 0 Å². The van der Waals surface area contributed by atoms with Crippen LogP contribution in [0.4, 0.5) is 5.82 Å². The van der Waals surface area contributed by atoms with Crippen LogP contribution in [0, 0.1) is 0 Å². The number of hydrogen-bond donors (Lipinski definition) is 2. The van der Waals surface area contributed by atoms with Gasteiger partial charge in [0, 0.05) is 18.2 Å². The molecule has 0 aliphatic carbocycles. The van der Waals surface area contributed by atoms with Gasteiger partial charge in [0.05, 0.1) is 0 Å². The Bertz CT molecular complexity index is 565. The number of nitrogen functional groups attached to an aromatic ring is 1. The molecule has 0 atom stereocenters. The Morgan fingerprint density at radius 1 is 1.32 bits per heavy atom. The van der Waals surface area contributed by atoms with Gasteiger partial charge < -0.3 is 14.9 Å². The predicted octanol–water partition coefficient (Wildman–Crippen LogP) is 2.35. The first-order valence-corrected chi connectivity index (χ1v) is 5.86. The van der Waals surface area contributed by atoms with Crippen molar-refractivity contribution in [3.8, 4) is 11.6 Å². The second-order valence-electron chi connectivity index (χ2n) is 3.64. The average molecular weight is 281 g/mol. The van der Waals surface area contributed by atoms with Crippen LogP contribution in [-0.4, -0.2) is 17.1 Å². The number of methoxy groups -OCH3 is 1. The third-order valence-corrected chi connectivity index (χ3v) is 2.42. The van der Waals surface area contributed by atoms with Gasteiger partial charge in [0.1, 0.15) is 18.2 Å². The van der Waals surface area contributed by atoms with Gasteiger partial charge in [0.25, 0.3) is 0 Å². The molecule has 0 spiro atoms. The maximum Gasteiger partial charge on any atom is 0.224 e. The van der Waals surface area contributed by atoms with E-state index < -0.39 is 0 Å². The van der Waals surface area contributed by atoms with E-state index in [2.05, 4.69) is 15.4 Å². The fourth-order valence-corrected chi connectivity index (χ4v) is 1.62. The Morgan fingerprint density at radius 2 is 2.16 bits per heavy atom. The molecule has 7 heteroatoms. The SMILES string of the molecule is COCc1nc(NN)cc(Oc2cccc(Cl)c2)n1. The van der Waals surface area contributed by atoms with Crippen molar-refractivity contribution in [2.24, 2.45) is 5.84 Å². The molecule has 0 saturated heterocycles. The molecule has 2 rings (SSSR count). The van der Waals surface area contributed by atoms with Crippen molar-refractivity contribution in [1.82, 2.24) is 9.97 Å². The van der Waals surface area contributed by atoms with Gasteiger partial charge in [-0.3, -0.25) is 0 Å². The van der Waals surface area contributed by atoms with Crippen LogP contribution in [0.1, 0.15) is 5.82 Å². The number of nitrogens with one attached hydrogen (secondary N) is 1. The predicted molar refractivity (Wildman–Crippen MR) is 72.1 cm³/mol. The molecule has 0 unspecified atom stereocenters. The highest BCUT2D eigenvalue weighted by Crippen LogP contribution is 2.24. The van der Waals surface area contributed by atoms with Gasteiger partial charge in [-0.25, -0.2) is 10.8 Å². The van der Waals surface area contributed by atoms with Crippen LogP contribution in [-0.2, 0) is 11.3 Å². The van der Waals surface area contributed by atoms with E-state index in [1.807, 2.05) is 0 Å². The van der Waals surface area contributed by atoms with Crippen molar-refractivity contribution in [1.29, 1.82) is 0 Å². The first-order valence-electron chi connectivity index (χ1n) is 5.48. The monoisotopic (exact) mass is 280 g/mol. The van der Waals surface area contributed by atoms with E-state index in [1.54, 1.807) is 37.4 Å². The number of hydrazine groups is 1. The summed E-state index contributed by atoms with van der Waals surface area (Å²) in [4.78, 5) is 8.32. The smallest absolute Gasteiger partial charge is 0.224 e. The molecule has 6 nitrogen and oxygen atoms in total. The largest absolute Gasteiger partial charge is 0.439 e. The summed E-state index contributed by atoms with van der Waals surface area (Å²) < 4.78 is 10.6. The lowest BCUT2D eigenvalue weighted by atomic mass is 10.3. The van der Waals surface area contributed by atoms with E-state index in [0.717, 1.165) is 0 Å². The summed E-state index contributed by atoms with van der Waals surface area (Å²) in [6, 6.07) is 8.60. The minimum Gasteiger partial charge on any atom is -0.439 e. The van der Waals surface area contributed by atoms with Crippen molar-refractivity contribution in [3.63, 3.8) is 0 Å². The molecule has 0 saturated carbocycles. The van der Waals surface area contributed by atoms with Gasteiger partial charge in [0.2, 0.25) is 5.88 Å². The van der Waals surface area contributed by atoms with Gasteiger partial charge in [-0.15, -0.1) is 0 Å². The van der Waals surface area contributed by atoms with E-state index in [4.69, 9.17) is 26.9 Å². The molecule has 2 aromatic rings. The van der Waals surface area contributed by atoms with Crippen LogP contribution in [0.2, 0.25) is 5.02 Å². The summed E-state index contributed by atoms with van der Waals surface area (Å²) >= 11 is 5.89. The number of hydrogen-bond acceptors (Lipinski definition) is 6. The van der Waals surface area contributed by atoms with Gasteiger partial charge in [0.15, 0.2) is 5.82 Å². The molecule has 1 aromatic carbocycles. The minimum absolute atomic E-state index is 0.265. The lowest BCUT2D eigenvalue weighted by Gasteiger charge is -2.08. The van der Waals surface area contributed by atoms with Crippen LogP contribution in [0.3, 0.4) is 0 Å². The quantitative estimate of drug-likeness (QED) is 0.646. The highest BCUT2D eigenvalue weighted by atomic mass is 35.5. The number of benzene rings is 1. The zero-order valence-electron chi connectivity index (χ0n) is 10.3. The van der Waals surface area contributed by atoms with E-state index >= 15 is 0 Å². The van der Waals surface area contributed by atoms with Crippen LogP contribution in [0.25, 0.3) is 0 Å².